The van der Waals surface area contributed by atoms with E-state index in [1.165, 1.54) is 6.42 Å². The second kappa shape index (κ2) is 5.55. The van der Waals surface area contributed by atoms with Crippen LogP contribution in [0.5, 0.6) is 0 Å². The minimum Gasteiger partial charge on any atom is -0.338 e. The summed E-state index contributed by atoms with van der Waals surface area (Å²) in [7, 11) is 0. The van der Waals surface area contributed by atoms with Gasteiger partial charge in [0.05, 0.1) is 15.6 Å². The molecule has 2 fully saturated rings. The fourth-order valence-corrected chi connectivity index (χ4v) is 4.10. The van der Waals surface area contributed by atoms with Crippen molar-refractivity contribution < 1.29 is 4.79 Å². The lowest BCUT2D eigenvalue weighted by Crippen LogP contribution is -2.38. The molecule has 2 N–H and O–H groups in total. The first-order chi connectivity index (χ1) is 9.58. The Labute approximate surface area is 129 Å². The molecule has 0 spiro atoms. The van der Waals surface area contributed by atoms with Crippen molar-refractivity contribution in [1.82, 2.24) is 4.90 Å². The van der Waals surface area contributed by atoms with Crippen LogP contribution in [0.25, 0.3) is 0 Å². The Kier molecular flexibility index (Phi) is 3.93. The van der Waals surface area contributed by atoms with Crippen molar-refractivity contribution in [2.24, 2.45) is 17.6 Å². The summed E-state index contributed by atoms with van der Waals surface area (Å²) in [6.07, 6.45) is 3.39. The number of nitrogens with two attached hydrogens (primary N) is 1. The lowest BCUT2D eigenvalue weighted by atomic mass is 9.78. The van der Waals surface area contributed by atoms with Crippen LogP contribution < -0.4 is 5.73 Å². The van der Waals surface area contributed by atoms with Crippen molar-refractivity contribution in [3.05, 3.63) is 33.8 Å². The molecule has 108 valence electrons. The fraction of sp³-hybridized carbons (Fsp3) is 0.533. The normalized spacial score (nSPS) is 29.4. The van der Waals surface area contributed by atoms with Crippen molar-refractivity contribution in [2.75, 3.05) is 13.1 Å². The first-order valence-electron chi connectivity index (χ1n) is 7.07. The number of benzene rings is 1. The molecule has 3 rings (SSSR count). The largest absolute Gasteiger partial charge is 0.338 e. The van der Waals surface area contributed by atoms with Crippen LogP contribution in [0, 0.1) is 11.8 Å². The van der Waals surface area contributed by atoms with Crippen molar-refractivity contribution in [3.8, 4) is 0 Å². The Hall–Kier alpha value is -0.770. The Morgan fingerprint density at radius 2 is 1.90 bits per heavy atom. The maximum absolute atomic E-state index is 12.7. The third kappa shape index (κ3) is 2.43. The Bertz CT molecular complexity index is 514. The number of carbonyl (C=O) groups excluding carboxylic acids is 1. The summed E-state index contributed by atoms with van der Waals surface area (Å²) >= 11 is 12.3. The molecular weight excluding hydrogens is 295 g/mol. The molecule has 1 saturated heterocycles. The molecule has 1 aliphatic heterocycles. The molecule has 1 aromatic rings. The first kappa shape index (κ1) is 14.2. The van der Waals surface area contributed by atoms with Crippen molar-refractivity contribution in [1.29, 1.82) is 0 Å². The van der Waals surface area contributed by atoms with Gasteiger partial charge in [-0.3, -0.25) is 4.79 Å². The second-order valence-electron chi connectivity index (χ2n) is 5.83. The Morgan fingerprint density at radius 3 is 2.55 bits per heavy atom. The summed E-state index contributed by atoms with van der Waals surface area (Å²) in [4.78, 5) is 14.5. The van der Waals surface area contributed by atoms with E-state index in [1.807, 2.05) is 4.90 Å². The molecule has 1 amide bonds. The minimum absolute atomic E-state index is 0.0674. The van der Waals surface area contributed by atoms with Gasteiger partial charge < -0.3 is 10.6 Å². The van der Waals surface area contributed by atoms with E-state index in [1.54, 1.807) is 18.2 Å². The molecule has 2 aliphatic rings. The van der Waals surface area contributed by atoms with Gasteiger partial charge in [-0.25, -0.2) is 0 Å². The van der Waals surface area contributed by atoms with Gasteiger partial charge in [0.15, 0.2) is 0 Å². The van der Waals surface area contributed by atoms with Crippen molar-refractivity contribution in [3.63, 3.8) is 0 Å². The third-order valence-electron chi connectivity index (χ3n) is 4.62. The van der Waals surface area contributed by atoms with E-state index in [0.717, 1.165) is 25.9 Å². The molecule has 3 atom stereocenters. The van der Waals surface area contributed by atoms with Crippen LogP contribution in [0.3, 0.4) is 0 Å². The van der Waals surface area contributed by atoms with Crippen LogP contribution in [-0.2, 0) is 0 Å². The van der Waals surface area contributed by atoms with E-state index < -0.39 is 0 Å². The van der Waals surface area contributed by atoms with Gasteiger partial charge in [-0.2, -0.15) is 0 Å². The third-order valence-corrected chi connectivity index (χ3v) is 5.25. The zero-order valence-electron chi connectivity index (χ0n) is 11.2. The summed E-state index contributed by atoms with van der Waals surface area (Å²) in [6, 6.07) is 5.37. The monoisotopic (exact) mass is 312 g/mol. The van der Waals surface area contributed by atoms with E-state index >= 15 is 0 Å². The Morgan fingerprint density at radius 1 is 1.20 bits per heavy atom. The zero-order valence-corrected chi connectivity index (χ0v) is 12.7. The molecule has 20 heavy (non-hydrogen) atoms. The van der Waals surface area contributed by atoms with Gasteiger partial charge >= 0.3 is 0 Å². The van der Waals surface area contributed by atoms with Crippen molar-refractivity contribution in [2.45, 2.75) is 25.3 Å². The molecule has 1 aromatic carbocycles. The van der Waals surface area contributed by atoms with Crippen LogP contribution >= 0.6 is 23.2 Å². The topological polar surface area (TPSA) is 46.3 Å². The number of likely N-dealkylation sites (tertiary alicyclic amines) is 1. The average molecular weight is 313 g/mol. The molecule has 0 radical (unpaired) electrons. The van der Waals surface area contributed by atoms with E-state index in [2.05, 4.69) is 0 Å². The molecule has 1 aliphatic carbocycles. The van der Waals surface area contributed by atoms with E-state index in [4.69, 9.17) is 28.9 Å². The molecule has 0 bridgehead atoms. The SMILES string of the molecule is NC1CCCC2CN(C(=O)c3c(Cl)cccc3Cl)CC12. The highest BCUT2D eigenvalue weighted by Gasteiger charge is 2.41. The van der Waals surface area contributed by atoms with Gasteiger partial charge in [-0.1, -0.05) is 35.7 Å². The first-order valence-corrected chi connectivity index (χ1v) is 7.82. The molecular formula is C15H18Cl2N2O. The van der Waals surface area contributed by atoms with Crippen LogP contribution in [0.15, 0.2) is 18.2 Å². The number of hydrogen-bond donors (Lipinski definition) is 1. The van der Waals surface area contributed by atoms with E-state index in [0.29, 0.717) is 27.4 Å². The smallest absolute Gasteiger partial charge is 0.256 e. The minimum atomic E-state index is -0.0674. The lowest BCUT2D eigenvalue weighted by molar-refractivity contribution is 0.0784. The average Bonchev–Trinajstić information content (AvgIpc) is 2.84. The number of halogens is 2. The number of hydrogen-bond acceptors (Lipinski definition) is 2. The number of nitrogens with zero attached hydrogens (tertiary/aromatic N) is 1. The predicted molar refractivity (Wildman–Crippen MR) is 81.2 cm³/mol. The van der Waals surface area contributed by atoms with Gasteiger partial charge in [-0.15, -0.1) is 0 Å². The number of fused-ring (bicyclic) bond motifs is 1. The summed E-state index contributed by atoms with van der Waals surface area (Å²) < 4.78 is 0. The number of amides is 1. The van der Waals surface area contributed by atoms with Gasteiger partial charge in [0.2, 0.25) is 0 Å². The zero-order chi connectivity index (χ0) is 14.3. The van der Waals surface area contributed by atoms with Gasteiger partial charge in [-0.05, 0) is 36.8 Å². The molecule has 5 heteroatoms. The van der Waals surface area contributed by atoms with Gasteiger partial charge in [0.25, 0.3) is 5.91 Å². The van der Waals surface area contributed by atoms with E-state index in [9.17, 15) is 4.79 Å². The summed E-state index contributed by atoms with van der Waals surface area (Å²) in [6.45, 7) is 1.50. The van der Waals surface area contributed by atoms with Gasteiger partial charge in [0, 0.05) is 19.1 Å². The summed E-state index contributed by atoms with van der Waals surface area (Å²) in [5.74, 6) is 0.889. The van der Waals surface area contributed by atoms with E-state index in [-0.39, 0.29) is 11.9 Å². The summed E-state index contributed by atoms with van der Waals surface area (Å²) in [5, 5.41) is 0.836. The molecule has 3 unspecified atom stereocenters. The van der Waals surface area contributed by atoms with Crippen LogP contribution in [0.2, 0.25) is 10.0 Å². The Balaban J connectivity index is 1.82. The molecule has 1 heterocycles. The second-order valence-corrected chi connectivity index (χ2v) is 6.64. The molecule has 1 saturated carbocycles. The maximum atomic E-state index is 12.7. The highest BCUT2D eigenvalue weighted by molar-refractivity contribution is 6.39. The highest BCUT2D eigenvalue weighted by Crippen LogP contribution is 2.37. The lowest BCUT2D eigenvalue weighted by Gasteiger charge is -2.29. The fourth-order valence-electron chi connectivity index (χ4n) is 3.54. The van der Waals surface area contributed by atoms with Crippen LogP contribution in [0.4, 0.5) is 0 Å². The van der Waals surface area contributed by atoms with Crippen molar-refractivity contribution >= 4 is 29.1 Å². The quantitative estimate of drug-likeness (QED) is 0.865. The standard InChI is InChI=1S/C15H18Cl2N2O/c16-11-4-2-5-12(17)14(11)15(20)19-7-9-3-1-6-13(18)10(9)8-19/h2,4-5,9-10,13H,1,3,6-8,18H2. The van der Waals surface area contributed by atoms with Gasteiger partial charge in [0.1, 0.15) is 0 Å². The summed E-state index contributed by atoms with van der Waals surface area (Å²) in [5.41, 5.74) is 6.61. The molecule has 0 aromatic heterocycles. The van der Waals surface area contributed by atoms with Crippen LogP contribution in [0.1, 0.15) is 29.6 Å². The number of carbonyl (C=O) groups is 1. The number of rotatable bonds is 1. The molecule has 3 nitrogen and oxygen atoms in total. The predicted octanol–water partition coefficient (Wildman–Crippen LogP) is 3.19. The maximum Gasteiger partial charge on any atom is 0.256 e. The highest BCUT2D eigenvalue weighted by atomic mass is 35.5. The van der Waals surface area contributed by atoms with Crippen LogP contribution in [-0.4, -0.2) is 29.9 Å².